The zero-order valence-corrected chi connectivity index (χ0v) is 12.4. The quantitative estimate of drug-likeness (QED) is 0.865. The third kappa shape index (κ3) is 2.64. The summed E-state index contributed by atoms with van der Waals surface area (Å²) in [5.74, 6) is 0.939. The standard InChI is InChI=1S/C15H18BrNO2/c16-9-15(6-7-15)10-17-14(18)12-5-8-19-13-4-2-1-3-11(12)13/h1-4,12H,5-10H2,(H,17,18). The van der Waals surface area contributed by atoms with Crippen molar-refractivity contribution in [3.8, 4) is 5.75 Å². The maximum absolute atomic E-state index is 12.4. The predicted molar refractivity (Wildman–Crippen MR) is 77.8 cm³/mol. The van der Waals surface area contributed by atoms with Crippen LogP contribution in [0.1, 0.15) is 30.7 Å². The van der Waals surface area contributed by atoms with Crippen molar-refractivity contribution in [2.75, 3.05) is 18.5 Å². The first-order chi connectivity index (χ1) is 9.24. The Morgan fingerprint density at radius 2 is 2.21 bits per heavy atom. The molecule has 3 rings (SSSR count). The number of para-hydroxylation sites is 1. The molecule has 3 nitrogen and oxygen atoms in total. The van der Waals surface area contributed by atoms with Gasteiger partial charge in [-0.1, -0.05) is 34.1 Å². The lowest BCUT2D eigenvalue weighted by molar-refractivity contribution is -0.123. The molecule has 1 aliphatic heterocycles. The van der Waals surface area contributed by atoms with E-state index >= 15 is 0 Å². The van der Waals surface area contributed by atoms with Gasteiger partial charge in [0.2, 0.25) is 5.91 Å². The summed E-state index contributed by atoms with van der Waals surface area (Å²) in [7, 11) is 0. The lowest BCUT2D eigenvalue weighted by atomic mass is 9.92. The molecule has 0 bridgehead atoms. The fourth-order valence-corrected chi connectivity index (χ4v) is 3.31. The Morgan fingerprint density at radius 1 is 1.42 bits per heavy atom. The minimum atomic E-state index is -0.0592. The van der Waals surface area contributed by atoms with Crippen molar-refractivity contribution in [1.82, 2.24) is 5.32 Å². The minimum Gasteiger partial charge on any atom is -0.493 e. The van der Waals surface area contributed by atoms with Crippen LogP contribution >= 0.6 is 15.9 Å². The first kappa shape index (κ1) is 13.0. The maximum Gasteiger partial charge on any atom is 0.227 e. The molecule has 1 amide bonds. The summed E-state index contributed by atoms with van der Waals surface area (Å²) in [4.78, 5) is 12.4. The second-order valence-electron chi connectivity index (χ2n) is 5.58. The molecule has 0 spiro atoms. The van der Waals surface area contributed by atoms with Crippen molar-refractivity contribution >= 4 is 21.8 Å². The van der Waals surface area contributed by atoms with E-state index in [-0.39, 0.29) is 11.8 Å². The number of halogens is 1. The number of rotatable bonds is 4. The average molecular weight is 324 g/mol. The Balaban J connectivity index is 1.67. The van der Waals surface area contributed by atoms with Gasteiger partial charge in [0, 0.05) is 17.4 Å². The van der Waals surface area contributed by atoms with E-state index in [0.29, 0.717) is 12.0 Å². The zero-order valence-electron chi connectivity index (χ0n) is 10.8. The van der Waals surface area contributed by atoms with Gasteiger partial charge in [0.25, 0.3) is 0 Å². The molecule has 2 aliphatic rings. The van der Waals surface area contributed by atoms with Crippen LogP contribution in [0.4, 0.5) is 0 Å². The molecule has 1 aromatic rings. The molecule has 0 radical (unpaired) electrons. The number of hydrogen-bond acceptors (Lipinski definition) is 2. The molecule has 1 unspecified atom stereocenters. The number of benzene rings is 1. The SMILES string of the molecule is O=C(NCC1(CBr)CC1)C1CCOc2ccccc21. The van der Waals surface area contributed by atoms with Crippen LogP contribution in [-0.2, 0) is 4.79 Å². The summed E-state index contributed by atoms with van der Waals surface area (Å²) in [6.45, 7) is 1.41. The Kier molecular flexibility index (Phi) is 3.52. The number of hydrogen-bond donors (Lipinski definition) is 1. The number of carbonyl (C=O) groups excluding carboxylic acids is 1. The van der Waals surface area contributed by atoms with E-state index in [2.05, 4.69) is 21.2 Å². The summed E-state index contributed by atoms with van der Waals surface area (Å²) in [6, 6.07) is 7.85. The molecule has 1 saturated carbocycles. The fourth-order valence-electron chi connectivity index (χ4n) is 2.55. The molecule has 4 heteroatoms. The Labute approximate surface area is 121 Å². The van der Waals surface area contributed by atoms with E-state index in [9.17, 15) is 4.79 Å². The molecule has 1 N–H and O–H groups in total. The molecule has 1 aromatic carbocycles. The number of carbonyl (C=O) groups is 1. The highest BCUT2D eigenvalue weighted by molar-refractivity contribution is 9.09. The first-order valence-electron chi connectivity index (χ1n) is 6.79. The maximum atomic E-state index is 12.4. The zero-order chi connectivity index (χ0) is 13.3. The van der Waals surface area contributed by atoms with Gasteiger partial charge in [0.05, 0.1) is 12.5 Å². The number of fused-ring (bicyclic) bond motifs is 1. The summed E-state index contributed by atoms with van der Waals surface area (Å²) in [6.07, 6.45) is 3.19. The second kappa shape index (κ2) is 5.16. The van der Waals surface area contributed by atoms with Crippen LogP contribution < -0.4 is 10.1 Å². The van der Waals surface area contributed by atoms with Gasteiger partial charge in [0.15, 0.2) is 0 Å². The van der Waals surface area contributed by atoms with E-state index < -0.39 is 0 Å². The van der Waals surface area contributed by atoms with Crippen molar-refractivity contribution in [3.05, 3.63) is 29.8 Å². The van der Waals surface area contributed by atoms with Crippen LogP contribution in [0.25, 0.3) is 0 Å². The molecule has 102 valence electrons. The van der Waals surface area contributed by atoms with Crippen molar-refractivity contribution in [1.29, 1.82) is 0 Å². The van der Waals surface area contributed by atoms with Crippen LogP contribution in [0.3, 0.4) is 0 Å². The van der Waals surface area contributed by atoms with Crippen LogP contribution in [-0.4, -0.2) is 24.4 Å². The molecular weight excluding hydrogens is 306 g/mol. The molecule has 19 heavy (non-hydrogen) atoms. The second-order valence-corrected chi connectivity index (χ2v) is 6.14. The number of amides is 1. The van der Waals surface area contributed by atoms with E-state index in [0.717, 1.165) is 29.6 Å². The van der Waals surface area contributed by atoms with E-state index in [1.807, 2.05) is 24.3 Å². The lowest BCUT2D eigenvalue weighted by Crippen LogP contribution is -2.36. The first-order valence-corrected chi connectivity index (χ1v) is 7.92. The van der Waals surface area contributed by atoms with Gasteiger partial charge >= 0.3 is 0 Å². The molecule has 0 aromatic heterocycles. The van der Waals surface area contributed by atoms with Crippen molar-refractivity contribution in [2.24, 2.45) is 5.41 Å². The topological polar surface area (TPSA) is 38.3 Å². The Bertz CT molecular complexity index is 485. The van der Waals surface area contributed by atoms with Crippen molar-refractivity contribution < 1.29 is 9.53 Å². The van der Waals surface area contributed by atoms with Crippen LogP contribution in [0.15, 0.2) is 24.3 Å². The highest BCUT2D eigenvalue weighted by Crippen LogP contribution is 2.46. The number of ether oxygens (including phenoxy) is 1. The molecule has 1 heterocycles. The molecule has 1 fully saturated rings. The monoisotopic (exact) mass is 323 g/mol. The lowest BCUT2D eigenvalue weighted by Gasteiger charge is -2.25. The van der Waals surface area contributed by atoms with Gasteiger partial charge in [-0.2, -0.15) is 0 Å². The number of alkyl halides is 1. The number of nitrogens with one attached hydrogen (secondary N) is 1. The van der Waals surface area contributed by atoms with E-state index in [4.69, 9.17) is 4.74 Å². The van der Waals surface area contributed by atoms with Crippen molar-refractivity contribution in [3.63, 3.8) is 0 Å². The summed E-state index contributed by atoms with van der Waals surface area (Å²) in [5.41, 5.74) is 1.34. The average Bonchev–Trinajstić information content (AvgIpc) is 3.25. The summed E-state index contributed by atoms with van der Waals surface area (Å²) < 4.78 is 5.60. The highest BCUT2D eigenvalue weighted by atomic mass is 79.9. The van der Waals surface area contributed by atoms with Crippen molar-refractivity contribution in [2.45, 2.75) is 25.2 Å². The van der Waals surface area contributed by atoms with E-state index in [1.54, 1.807) is 0 Å². The largest absolute Gasteiger partial charge is 0.493 e. The molecule has 0 saturated heterocycles. The van der Waals surface area contributed by atoms with Gasteiger partial charge in [-0.15, -0.1) is 0 Å². The van der Waals surface area contributed by atoms with Crippen LogP contribution in [0, 0.1) is 5.41 Å². The third-order valence-corrected chi connectivity index (χ3v) is 5.34. The smallest absolute Gasteiger partial charge is 0.227 e. The minimum absolute atomic E-state index is 0.0592. The predicted octanol–water partition coefficient (Wildman–Crippen LogP) is 2.84. The third-order valence-electron chi connectivity index (χ3n) is 4.15. The Morgan fingerprint density at radius 3 is 2.95 bits per heavy atom. The van der Waals surface area contributed by atoms with E-state index in [1.165, 1.54) is 12.8 Å². The Hall–Kier alpha value is -1.03. The summed E-state index contributed by atoms with van der Waals surface area (Å²) in [5, 5.41) is 4.10. The highest BCUT2D eigenvalue weighted by Gasteiger charge is 2.42. The molecule has 1 aliphatic carbocycles. The van der Waals surface area contributed by atoms with Gasteiger partial charge in [-0.05, 0) is 30.7 Å². The normalized spacial score (nSPS) is 23.1. The van der Waals surface area contributed by atoms with Gasteiger partial charge in [0.1, 0.15) is 5.75 Å². The summed E-state index contributed by atoms with van der Waals surface area (Å²) >= 11 is 3.53. The fraction of sp³-hybridized carbons (Fsp3) is 0.533. The van der Waals surface area contributed by atoms with Crippen LogP contribution in [0.2, 0.25) is 0 Å². The van der Waals surface area contributed by atoms with Gasteiger partial charge < -0.3 is 10.1 Å². The van der Waals surface area contributed by atoms with Gasteiger partial charge in [-0.25, -0.2) is 0 Å². The molecular formula is C15H18BrNO2. The van der Waals surface area contributed by atoms with Crippen LogP contribution in [0.5, 0.6) is 5.75 Å². The molecule has 1 atom stereocenters. The van der Waals surface area contributed by atoms with Gasteiger partial charge in [-0.3, -0.25) is 4.79 Å².